The van der Waals surface area contributed by atoms with Gasteiger partial charge in [-0.2, -0.15) is 4.98 Å². The van der Waals surface area contributed by atoms with Crippen LogP contribution in [-0.4, -0.2) is 60.4 Å². The Kier molecular flexibility index (Phi) is 4.95. The average molecular weight is 320 g/mol. The molecule has 0 aliphatic carbocycles. The number of carboxylic acids is 1. The second-order valence-electron chi connectivity index (χ2n) is 5.98. The molecule has 0 atom stereocenters. The van der Waals surface area contributed by atoms with Gasteiger partial charge in [0.05, 0.1) is 13.2 Å². The summed E-state index contributed by atoms with van der Waals surface area (Å²) < 4.78 is 5.37. The topological polar surface area (TPSA) is 78.8 Å². The smallest absolute Gasteiger partial charge is 0.355 e. The van der Waals surface area contributed by atoms with Gasteiger partial charge >= 0.3 is 5.97 Å². The third-order valence-corrected chi connectivity index (χ3v) is 4.48. The summed E-state index contributed by atoms with van der Waals surface area (Å²) in [6, 6.07) is 0. The van der Waals surface area contributed by atoms with Gasteiger partial charge < -0.3 is 19.6 Å². The summed E-state index contributed by atoms with van der Waals surface area (Å²) in [7, 11) is 0. The van der Waals surface area contributed by atoms with Gasteiger partial charge in [-0.05, 0) is 25.7 Å². The first-order valence-corrected chi connectivity index (χ1v) is 8.42. The standard InChI is InChI=1S/C16H24N4O3/c1-2-12-13(15(21)22)17-16(20-8-10-23-11-9-20)18-14(12)19-6-4-3-5-7-19/h2-11H2,1H3,(H,21,22). The Morgan fingerprint density at radius 2 is 1.78 bits per heavy atom. The normalized spacial score (nSPS) is 19.0. The molecule has 2 fully saturated rings. The zero-order chi connectivity index (χ0) is 16.2. The molecule has 2 aliphatic rings. The van der Waals surface area contributed by atoms with Crippen LogP contribution in [0.2, 0.25) is 0 Å². The van der Waals surface area contributed by atoms with Gasteiger partial charge in [-0.25, -0.2) is 9.78 Å². The number of hydrogen-bond acceptors (Lipinski definition) is 6. The summed E-state index contributed by atoms with van der Waals surface area (Å²) in [6.07, 6.45) is 4.10. The van der Waals surface area contributed by atoms with Crippen LogP contribution in [-0.2, 0) is 11.2 Å². The van der Waals surface area contributed by atoms with Gasteiger partial charge in [0.15, 0.2) is 5.69 Å². The highest BCUT2D eigenvalue weighted by atomic mass is 16.5. The zero-order valence-electron chi connectivity index (χ0n) is 13.6. The fraction of sp³-hybridized carbons (Fsp3) is 0.688. The van der Waals surface area contributed by atoms with Crippen LogP contribution in [0, 0.1) is 0 Å². The van der Waals surface area contributed by atoms with E-state index in [0.717, 1.165) is 37.3 Å². The minimum Gasteiger partial charge on any atom is -0.476 e. The van der Waals surface area contributed by atoms with Gasteiger partial charge in [0.2, 0.25) is 5.95 Å². The Bertz CT molecular complexity index is 567. The Labute approximate surface area is 136 Å². The summed E-state index contributed by atoms with van der Waals surface area (Å²) in [4.78, 5) is 25.0. The van der Waals surface area contributed by atoms with Gasteiger partial charge in [-0.3, -0.25) is 0 Å². The van der Waals surface area contributed by atoms with Crippen molar-refractivity contribution in [3.8, 4) is 0 Å². The Hall–Kier alpha value is -1.89. The fourth-order valence-electron chi connectivity index (χ4n) is 3.24. The number of anilines is 2. The van der Waals surface area contributed by atoms with E-state index in [-0.39, 0.29) is 5.69 Å². The molecule has 0 unspecified atom stereocenters. The van der Waals surface area contributed by atoms with Gasteiger partial charge in [-0.15, -0.1) is 0 Å². The third-order valence-electron chi connectivity index (χ3n) is 4.48. The Morgan fingerprint density at radius 3 is 2.39 bits per heavy atom. The van der Waals surface area contributed by atoms with Crippen molar-refractivity contribution in [3.05, 3.63) is 11.3 Å². The van der Waals surface area contributed by atoms with Crippen molar-refractivity contribution in [1.82, 2.24) is 9.97 Å². The van der Waals surface area contributed by atoms with Crippen LogP contribution in [0.15, 0.2) is 0 Å². The summed E-state index contributed by atoms with van der Waals surface area (Å²) in [5.74, 6) is 0.349. The first-order valence-electron chi connectivity index (χ1n) is 8.42. The lowest BCUT2D eigenvalue weighted by Crippen LogP contribution is -2.39. The summed E-state index contributed by atoms with van der Waals surface area (Å²) >= 11 is 0. The monoisotopic (exact) mass is 320 g/mol. The van der Waals surface area contributed by atoms with E-state index in [0.29, 0.717) is 38.7 Å². The quantitative estimate of drug-likeness (QED) is 0.902. The van der Waals surface area contributed by atoms with Crippen molar-refractivity contribution in [2.45, 2.75) is 32.6 Å². The van der Waals surface area contributed by atoms with Gasteiger partial charge in [-0.1, -0.05) is 6.92 Å². The maximum Gasteiger partial charge on any atom is 0.355 e. The Balaban J connectivity index is 2.03. The molecule has 0 spiro atoms. The van der Waals surface area contributed by atoms with E-state index in [1.807, 2.05) is 11.8 Å². The molecule has 0 saturated carbocycles. The predicted molar refractivity (Wildman–Crippen MR) is 87.5 cm³/mol. The summed E-state index contributed by atoms with van der Waals surface area (Å²) in [5.41, 5.74) is 0.890. The maximum absolute atomic E-state index is 11.7. The van der Waals surface area contributed by atoms with E-state index in [1.54, 1.807) is 0 Å². The van der Waals surface area contributed by atoms with Crippen LogP contribution in [0.5, 0.6) is 0 Å². The zero-order valence-corrected chi connectivity index (χ0v) is 13.6. The molecule has 23 heavy (non-hydrogen) atoms. The van der Waals surface area contributed by atoms with E-state index in [1.165, 1.54) is 6.42 Å². The molecular weight excluding hydrogens is 296 g/mol. The minimum atomic E-state index is -0.975. The second kappa shape index (κ2) is 7.12. The first kappa shape index (κ1) is 16.0. The SMILES string of the molecule is CCc1c(C(=O)O)nc(N2CCOCC2)nc1N1CCCCC1. The molecule has 0 aromatic carbocycles. The van der Waals surface area contributed by atoms with Crippen molar-refractivity contribution in [2.75, 3.05) is 49.2 Å². The maximum atomic E-state index is 11.7. The number of aromatic nitrogens is 2. The minimum absolute atomic E-state index is 0.143. The molecule has 1 aromatic rings. The van der Waals surface area contributed by atoms with E-state index in [9.17, 15) is 9.90 Å². The molecule has 3 heterocycles. The molecule has 2 saturated heterocycles. The van der Waals surface area contributed by atoms with Crippen LogP contribution in [0.3, 0.4) is 0 Å². The number of rotatable bonds is 4. The number of piperidine rings is 1. The van der Waals surface area contributed by atoms with Crippen LogP contribution in [0.4, 0.5) is 11.8 Å². The van der Waals surface area contributed by atoms with Crippen LogP contribution in [0.25, 0.3) is 0 Å². The number of nitrogens with zero attached hydrogens (tertiary/aromatic N) is 4. The lowest BCUT2D eigenvalue weighted by atomic mass is 10.1. The van der Waals surface area contributed by atoms with Crippen LogP contribution in [0.1, 0.15) is 42.2 Å². The second-order valence-corrected chi connectivity index (χ2v) is 5.98. The number of aromatic carboxylic acids is 1. The van der Waals surface area contributed by atoms with Gasteiger partial charge in [0, 0.05) is 31.7 Å². The molecular formula is C16H24N4O3. The molecule has 7 heteroatoms. The highest BCUT2D eigenvalue weighted by Crippen LogP contribution is 2.27. The van der Waals surface area contributed by atoms with E-state index in [2.05, 4.69) is 9.88 Å². The molecule has 7 nitrogen and oxygen atoms in total. The van der Waals surface area contributed by atoms with Crippen molar-refractivity contribution in [3.63, 3.8) is 0 Å². The van der Waals surface area contributed by atoms with Gasteiger partial charge in [0.1, 0.15) is 5.82 Å². The van der Waals surface area contributed by atoms with Crippen molar-refractivity contribution >= 4 is 17.7 Å². The molecule has 0 bridgehead atoms. The number of ether oxygens (including phenoxy) is 1. The first-order chi connectivity index (χ1) is 11.2. The lowest BCUT2D eigenvalue weighted by Gasteiger charge is -2.32. The van der Waals surface area contributed by atoms with Crippen molar-refractivity contribution in [1.29, 1.82) is 0 Å². The number of hydrogen-bond donors (Lipinski definition) is 1. The Morgan fingerprint density at radius 1 is 1.09 bits per heavy atom. The average Bonchev–Trinajstić information content (AvgIpc) is 2.62. The third kappa shape index (κ3) is 3.39. The molecule has 3 rings (SSSR count). The largest absolute Gasteiger partial charge is 0.476 e. The highest BCUT2D eigenvalue weighted by Gasteiger charge is 2.25. The van der Waals surface area contributed by atoms with Gasteiger partial charge in [0.25, 0.3) is 0 Å². The highest BCUT2D eigenvalue weighted by molar-refractivity contribution is 5.89. The van der Waals surface area contributed by atoms with Crippen LogP contribution < -0.4 is 9.80 Å². The molecule has 1 aromatic heterocycles. The van der Waals surface area contributed by atoms with E-state index in [4.69, 9.17) is 9.72 Å². The van der Waals surface area contributed by atoms with E-state index < -0.39 is 5.97 Å². The number of carboxylic acid groups (broad SMARTS) is 1. The molecule has 0 amide bonds. The van der Waals surface area contributed by atoms with E-state index >= 15 is 0 Å². The lowest BCUT2D eigenvalue weighted by molar-refractivity contribution is 0.0689. The van der Waals surface area contributed by atoms with Crippen LogP contribution >= 0.6 is 0 Å². The fourth-order valence-corrected chi connectivity index (χ4v) is 3.24. The summed E-state index contributed by atoms with van der Waals surface area (Å²) in [5, 5.41) is 9.59. The van der Waals surface area contributed by atoms with Crippen molar-refractivity contribution < 1.29 is 14.6 Å². The summed E-state index contributed by atoms with van der Waals surface area (Å²) in [6.45, 7) is 6.48. The molecule has 2 aliphatic heterocycles. The molecule has 1 N–H and O–H groups in total. The van der Waals surface area contributed by atoms with Crippen molar-refractivity contribution in [2.24, 2.45) is 0 Å². The molecule has 0 radical (unpaired) electrons. The number of carbonyl (C=O) groups is 1. The predicted octanol–water partition coefficient (Wildman–Crippen LogP) is 1.56. The number of morpholine rings is 1. The molecule has 126 valence electrons.